The molecule has 7 nitrogen and oxygen atoms in total. The fourth-order valence-electron chi connectivity index (χ4n) is 3.02. The van der Waals surface area contributed by atoms with Crippen LogP contribution in [0.5, 0.6) is 11.5 Å². The number of halogens is 2. The number of hydrogen-bond acceptors (Lipinski definition) is 5. The first-order valence-electron chi connectivity index (χ1n) is 9.11. The van der Waals surface area contributed by atoms with E-state index in [9.17, 15) is 9.59 Å². The van der Waals surface area contributed by atoms with Crippen molar-refractivity contribution in [1.82, 2.24) is 15.6 Å². The Labute approximate surface area is 182 Å². The van der Waals surface area contributed by atoms with E-state index in [-0.39, 0.29) is 42.3 Å². The lowest BCUT2D eigenvalue weighted by Gasteiger charge is -2.13. The maximum atomic E-state index is 12.3. The molecular weight excluding hydrogens is 415 g/mol. The van der Waals surface area contributed by atoms with Crippen LogP contribution < -0.4 is 20.7 Å². The van der Waals surface area contributed by atoms with Crippen LogP contribution >= 0.6 is 24.8 Å². The van der Waals surface area contributed by atoms with E-state index in [1.54, 1.807) is 31.3 Å². The summed E-state index contributed by atoms with van der Waals surface area (Å²) in [7, 11) is 1.55. The Morgan fingerprint density at radius 3 is 2.76 bits per heavy atom. The number of hydrogen-bond donors (Lipinski definition) is 3. The third-order valence-corrected chi connectivity index (χ3v) is 4.52. The third kappa shape index (κ3) is 7.20. The number of aromatic nitrogens is 1. The molecule has 1 atom stereocenters. The minimum Gasteiger partial charge on any atom is -0.455 e. The Morgan fingerprint density at radius 2 is 2.03 bits per heavy atom. The van der Waals surface area contributed by atoms with E-state index in [4.69, 9.17) is 4.74 Å². The molecule has 0 aliphatic carbocycles. The van der Waals surface area contributed by atoms with Gasteiger partial charge in [0.25, 0.3) is 5.91 Å². The van der Waals surface area contributed by atoms with Crippen LogP contribution in [0, 0.1) is 5.92 Å². The third-order valence-electron chi connectivity index (χ3n) is 4.52. The standard InChI is InChI=1S/C20H24N4O3.2ClH/c1-21-20(26)17-12-15(9-11-23-17)27-18-5-3-2-4-16(18)24-19(25)7-6-14-8-10-22-13-14;;/h2-5,9,11-12,14,22H,6-8,10,13H2,1H3,(H,21,26)(H,24,25);2*1H. The molecule has 1 aliphatic heterocycles. The number of nitrogens with zero attached hydrogens (tertiary/aromatic N) is 1. The van der Waals surface area contributed by atoms with Crippen LogP contribution in [0.2, 0.25) is 0 Å². The lowest BCUT2D eigenvalue weighted by molar-refractivity contribution is -0.116. The van der Waals surface area contributed by atoms with Crippen molar-refractivity contribution in [2.24, 2.45) is 5.92 Å². The van der Waals surface area contributed by atoms with Gasteiger partial charge in [0.1, 0.15) is 11.4 Å². The van der Waals surface area contributed by atoms with Gasteiger partial charge in [0.05, 0.1) is 5.69 Å². The Balaban J connectivity index is 0.00000210. The van der Waals surface area contributed by atoms with E-state index >= 15 is 0 Å². The highest BCUT2D eigenvalue weighted by atomic mass is 35.5. The molecule has 158 valence electrons. The number of benzene rings is 1. The number of carbonyl (C=O) groups excluding carboxylic acids is 2. The molecule has 9 heteroatoms. The highest BCUT2D eigenvalue weighted by molar-refractivity contribution is 5.93. The van der Waals surface area contributed by atoms with Gasteiger partial charge in [0.15, 0.2) is 5.75 Å². The van der Waals surface area contributed by atoms with Crippen molar-refractivity contribution in [2.75, 3.05) is 25.5 Å². The molecule has 1 aliphatic rings. The summed E-state index contributed by atoms with van der Waals surface area (Å²) in [5.74, 6) is 1.24. The maximum Gasteiger partial charge on any atom is 0.269 e. The monoisotopic (exact) mass is 440 g/mol. The number of pyridine rings is 1. The average Bonchev–Trinajstić information content (AvgIpc) is 3.21. The topological polar surface area (TPSA) is 92.4 Å². The Kier molecular flexibility index (Phi) is 10.4. The fraction of sp³-hybridized carbons (Fsp3) is 0.350. The molecule has 0 saturated carbocycles. The van der Waals surface area contributed by atoms with Crippen molar-refractivity contribution >= 4 is 42.3 Å². The molecule has 1 fully saturated rings. The van der Waals surface area contributed by atoms with Gasteiger partial charge in [-0.05, 0) is 50.0 Å². The molecule has 3 N–H and O–H groups in total. The van der Waals surface area contributed by atoms with Crippen molar-refractivity contribution in [2.45, 2.75) is 19.3 Å². The molecule has 2 heterocycles. The molecule has 2 aromatic rings. The summed E-state index contributed by atoms with van der Waals surface area (Å²) in [5.41, 5.74) is 0.868. The van der Waals surface area contributed by atoms with Crippen LogP contribution in [0.4, 0.5) is 5.69 Å². The Morgan fingerprint density at radius 1 is 1.24 bits per heavy atom. The van der Waals surface area contributed by atoms with Crippen LogP contribution in [-0.2, 0) is 4.79 Å². The van der Waals surface area contributed by atoms with E-state index in [0.717, 1.165) is 25.9 Å². The molecule has 1 aromatic heterocycles. The average molecular weight is 441 g/mol. The Hall–Kier alpha value is -2.35. The zero-order valence-corrected chi connectivity index (χ0v) is 17.8. The number of ether oxygens (including phenoxy) is 1. The minimum absolute atomic E-state index is 0. The van der Waals surface area contributed by atoms with Gasteiger partial charge in [0.2, 0.25) is 5.91 Å². The van der Waals surface area contributed by atoms with Crippen LogP contribution in [-0.4, -0.2) is 36.9 Å². The molecule has 0 radical (unpaired) electrons. The van der Waals surface area contributed by atoms with Crippen molar-refractivity contribution in [3.05, 3.63) is 48.3 Å². The van der Waals surface area contributed by atoms with Gasteiger partial charge in [-0.15, -0.1) is 24.8 Å². The summed E-state index contributed by atoms with van der Waals surface area (Å²) in [6.45, 7) is 2.02. The minimum atomic E-state index is -0.288. The van der Waals surface area contributed by atoms with Gasteiger partial charge in [0, 0.05) is 25.7 Å². The molecule has 0 bridgehead atoms. The molecule has 1 aromatic carbocycles. The number of nitrogens with one attached hydrogen (secondary N) is 3. The lowest BCUT2D eigenvalue weighted by Crippen LogP contribution is -2.19. The number of carbonyl (C=O) groups is 2. The van der Waals surface area contributed by atoms with Crippen molar-refractivity contribution in [3.8, 4) is 11.5 Å². The molecule has 1 saturated heterocycles. The van der Waals surface area contributed by atoms with E-state index < -0.39 is 0 Å². The van der Waals surface area contributed by atoms with Crippen LogP contribution in [0.15, 0.2) is 42.6 Å². The molecule has 1 unspecified atom stereocenters. The van der Waals surface area contributed by atoms with Gasteiger partial charge in [-0.25, -0.2) is 0 Å². The first-order chi connectivity index (χ1) is 13.2. The van der Waals surface area contributed by atoms with E-state index in [0.29, 0.717) is 29.5 Å². The van der Waals surface area contributed by atoms with Gasteiger partial charge >= 0.3 is 0 Å². The van der Waals surface area contributed by atoms with Gasteiger partial charge in [-0.2, -0.15) is 0 Å². The van der Waals surface area contributed by atoms with Gasteiger partial charge in [-0.3, -0.25) is 14.6 Å². The summed E-state index contributed by atoms with van der Waals surface area (Å²) in [5, 5.41) is 8.77. The van der Waals surface area contributed by atoms with E-state index in [1.165, 1.54) is 6.20 Å². The molecule has 3 rings (SSSR count). The Bertz CT molecular complexity index is 814. The first kappa shape index (κ1) is 24.7. The van der Waals surface area contributed by atoms with Crippen LogP contribution in [0.1, 0.15) is 29.8 Å². The predicted octanol–water partition coefficient (Wildman–Crippen LogP) is 3.41. The normalized spacial score (nSPS) is 14.9. The van der Waals surface area contributed by atoms with Crippen molar-refractivity contribution in [3.63, 3.8) is 0 Å². The molecule has 0 spiro atoms. The number of amides is 2. The summed E-state index contributed by atoms with van der Waals surface area (Å²) < 4.78 is 5.88. The SMILES string of the molecule is CNC(=O)c1cc(Oc2ccccc2NC(=O)CCC2CCNC2)ccn1.Cl.Cl. The van der Waals surface area contributed by atoms with Crippen LogP contribution in [0.3, 0.4) is 0 Å². The largest absolute Gasteiger partial charge is 0.455 e. The van der Waals surface area contributed by atoms with E-state index in [1.807, 2.05) is 12.1 Å². The highest BCUT2D eigenvalue weighted by Gasteiger charge is 2.16. The van der Waals surface area contributed by atoms with Gasteiger partial charge in [-0.1, -0.05) is 12.1 Å². The first-order valence-corrected chi connectivity index (χ1v) is 9.11. The molecule has 29 heavy (non-hydrogen) atoms. The van der Waals surface area contributed by atoms with Crippen LogP contribution in [0.25, 0.3) is 0 Å². The number of anilines is 1. The maximum absolute atomic E-state index is 12.3. The second-order valence-electron chi connectivity index (χ2n) is 6.50. The summed E-state index contributed by atoms with van der Waals surface area (Å²) >= 11 is 0. The van der Waals surface area contributed by atoms with Crippen molar-refractivity contribution in [1.29, 1.82) is 0 Å². The fourth-order valence-corrected chi connectivity index (χ4v) is 3.02. The zero-order chi connectivity index (χ0) is 19.1. The summed E-state index contributed by atoms with van der Waals surface area (Å²) in [6, 6.07) is 10.5. The zero-order valence-electron chi connectivity index (χ0n) is 16.1. The van der Waals surface area contributed by atoms with E-state index in [2.05, 4.69) is 20.9 Å². The highest BCUT2D eigenvalue weighted by Crippen LogP contribution is 2.29. The number of para-hydroxylation sites is 2. The molecular formula is C20H26Cl2N4O3. The smallest absolute Gasteiger partial charge is 0.269 e. The number of rotatable bonds is 7. The second-order valence-corrected chi connectivity index (χ2v) is 6.50. The summed E-state index contributed by atoms with van der Waals surface area (Å²) in [6.07, 6.45) is 4.00. The summed E-state index contributed by atoms with van der Waals surface area (Å²) in [4.78, 5) is 28.0. The molecule has 2 amide bonds. The van der Waals surface area contributed by atoms with Crippen molar-refractivity contribution < 1.29 is 14.3 Å². The predicted molar refractivity (Wildman–Crippen MR) is 117 cm³/mol. The second kappa shape index (κ2) is 12.3. The quantitative estimate of drug-likeness (QED) is 0.613. The lowest BCUT2D eigenvalue weighted by atomic mass is 10.0. The van der Waals surface area contributed by atoms with Gasteiger partial charge < -0.3 is 20.7 Å².